The second kappa shape index (κ2) is 5.32. The summed E-state index contributed by atoms with van der Waals surface area (Å²) in [6.45, 7) is 3.09. The van der Waals surface area contributed by atoms with Crippen molar-refractivity contribution in [2.75, 3.05) is 7.05 Å². The van der Waals surface area contributed by atoms with Crippen LogP contribution in [0.3, 0.4) is 0 Å². The topological polar surface area (TPSA) is 160 Å². The lowest BCUT2D eigenvalue weighted by Gasteiger charge is -2.28. The van der Waals surface area contributed by atoms with Crippen LogP contribution in [0.4, 0.5) is 0 Å². The van der Waals surface area contributed by atoms with E-state index in [2.05, 4.69) is 16.6 Å². The summed E-state index contributed by atoms with van der Waals surface area (Å²) in [5, 5.41) is 5.87. The van der Waals surface area contributed by atoms with Crippen molar-refractivity contribution in [3.8, 4) is 0 Å². The molecule has 0 unspecified atom stereocenters. The van der Waals surface area contributed by atoms with Gasteiger partial charge in [0.2, 0.25) is 0 Å². The maximum atomic E-state index is 11.1. The first-order valence-electron chi connectivity index (χ1n) is 3.97. The van der Waals surface area contributed by atoms with Crippen LogP contribution in [-0.2, 0) is 9.13 Å². The Morgan fingerprint density at radius 2 is 1.65 bits per heavy atom. The summed E-state index contributed by atoms with van der Waals surface area (Å²) in [7, 11) is -10.0. The second-order valence-electron chi connectivity index (χ2n) is 2.81. The maximum absolute atomic E-state index is 11.1. The molecule has 0 saturated carbocycles. The van der Waals surface area contributed by atoms with Gasteiger partial charge in [-0.1, -0.05) is 6.58 Å². The Kier molecular flexibility index (Phi) is 5.12. The summed E-state index contributed by atoms with van der Waals surface area (Å²) in [5.41, 5.74) is -0.975. The minimum atomic E-state index is -5.60. The van der Waals surface area contributed by atoms with E-state index in [1.807, 2.05) is 0 Å². The third-order valence-electron chi connectivity index (χ3n) is 1.64. The first kappa shape index (κ1) is 16.3. The molecule has 0 rings (SSSR count). The lowest BCUT2D eigenvalue weighted by molar-refractivity contribution is 0.183. The molecule has 0 aromatic heterocycles. The Labute approximate surface area is 96.6 Å². The van der Waals surface area contributed by atoms with Crippen LogP contribution in [0.5, 0.6) is 0 Å². The molecule has 0 bridgehead atoms. The van der Waals surface area contributed by atoms with E-state index >= 15 is 0 Å². The predicted octanol–water partition coefficient (Wildman–Crippen LogP) is -0.727. The zero-order valence-electron chi connectivity index (χ0n) is 8.70. The summed E-state index contributed by atoms with van der Waals surface area (Å²) >= 11 is 0. The molecule has 98 valence electrons. The Bertz CT molecular complexity index is 423. The van der Waals surface area contributed by atoms with Crippen LogP contribution >= 0.6 is 15.2 Å². The molecule has 0 radical (unpaired) electrons. The van der Waals surface area contributed by atoms with Crippen molar-refractivity contribution < 1.29 is 33.8 Å². The van der Waals surface area contributed by atoms with Crippen LogP contribution < -0.4 is 0 Å². The highest BCUT2D eigenvalue weighted by Crippen LogP contribution is 2.67. The molecule has 0 spiro atoms. The van der Waals surface area contributed by atoms with E-state index in [4.69, 9.17) is 19.6 Å². The molecule has 0 fully saturated rings. The van der Waals surface area contributed by atoms with Crippen molar-refractivity contribution in [1.82, 2.24) is 0 Å². The highest BCUT2D eigenvalue weighted by atomic mass is 31.2. The van der Waals surface area contributed by atoms with Crippen molar-refractivity contribution in [3.05, 3.63) is 12.8 Å². The number of rotatable bonds is 5. The van der Waals surface area contributed by atoms with Crippen LogP contribution in [0.15, 0.2) is 22.8 Å². The molecule has 0 aliphatic carbocycles. The van der Waals surface area contributed by atoms with Gasteiger partial charge in [-0.3, -0.25) is 19.1 Å². The smallest absolute Gasteiger partial charge is 0.363 e. The number of hydrogen-bond donors (Lipinski definition) is 5. The van der Waals surface area contributed by atoms with E-state index in [1.54, 1.807) is 0 Å². The fourth-order valence-corrected chi connectivity index (χ4v) is 3.08. The minimum Gasteiger partial charge on any atom is -0.363 e. The van der Waals surface area contributed by atoms with Crippen LogP contribution in [-0.4, -0.2) is 48.7 Å². The zero-order chi connectivity index (χ0) is 13.9. The third-order valence-corrected chi connectivity index (χ3v) is 5.28. The van der Waals surface area contributed by atoms with E-state index < -0.39 is 26.0 Å². The molecule has 0 saturated heterocycles. The molecule has 9 nitrogen and oxygen atoms in total. The Balaban J connectivity index is 6.16. The van der Waals surface area contributed by atoms with Gasteiger partial charge in [0.15, 0.2) is 0 Å². The van der Waals surface area contributed by atoms with Gasteiger partial charge in [-0.2, -0.15) is 0 Å². The molecule has 5 N–H and O–H groups in total. The molecular formula is C6H12N2O7P2. The van der Waals surface area contributed by atoms with Crippen molar-refractivity contribution in [2.24, 2.45) is 9.98 Å². The van der Waals surface area contributed by atoms with Gasteiger partial charge in [0.25, 0.3) is 0 Å². The molecule has 11 heteroatoms. The quantitative estimate of drug-likeness (QED) is 0.329. The third kappa shape index (κ3) is 3.17. The maximum Gasteiger partial charge on any atom is 0.375 e. The summed E-state index contributed by atoms with van der Waals surface area (Å²) in [5.74, 6) is 0. The monoisotopic (exact) mass is 286 g/mol. The molecule has 0 atom stereocenters. The van der Waals surface area contributed by atoms with Gasteiger partial charge in [-0.15, -0.1) is 0 Å². The molecule has 0 heterocycles. The van der Waals surface area contributed by atoms with Crippen molar-refractivity contribution in [1.29, 1.82) is 0 Å². The number of aliphatic imine (C=N–C) groups is 2. The Morgan fingerprint density at radius 3 is 1.88 bits per heavy atom. The molecule has 0 aliphatic heterocycles. The normalized spacial score (nSPS) is 15.3. The van der Waals surface area contributed by atoms with Gasteiger partial charge >= 0.3 is 20.3 Å². The van der Waals surface area contributed by atoms with Crippen LogP contribution in [0.25, 0.3) is 0 Å². The molecule has 0 aliphatic rings. The summed E-state index contributed by atoms with van der Waals surface area (Å²) in [6.07, 6.45) is 1.38. The summed E-state index contributed by atoms with van der Waals surface area (Å²) in [4.78, 5) is 42.1. The van der Waals surface area contributed by atoms with Crippen molar-refractivity contribution in [2.45, 2.75) is 5.08 Å². The second-order valence-corrected chi connectivity index (χ2v) is 6.63. The van der Waals surface area contributed by atoms with Gasteiger partial charge in [-0.05, 0) is 0 Å². The average Bonchev–Trinajstić information content (AvgIpc) is 2.12. The Morgan fingerprint density at radius 1 is 1.24 bits per heavy atom. The van der Waals surface area contributed by atoms with Gasteiger partial charge < -0.3 is 24.7 Å². The molecule has 0 amide bonds. The van der Waals surface area contributed by atoms with Crippen molar-refractivity contribution in [3.63, 3.8) is 0 Å². The minimum absolute atomic E-state index is 0.625. The predicted molar refractivity (Wildman–Crippen MR) is 61.1 cm³/mol. The van der Waals surface area contributed by atoms with E-state index in [-0.39, 0.29) is 0 Å². The van der Waals surface area contributed by atoms with E-state index in [0.717, 1.165) is 6.20 Å². The van der Waals surface area contributed by atoms with E-state index in [0.29, 0.717) is 6.21 Å². The molecule has 0 aromatic carbocycles. The number of nitrogens with zero attached hydrogens (tertiary/aromatic N) is 2. The fraction of sp³-hybridized carbons (Fsp3) is 0.333. The molecular weight excluding hydrogens is 274 g/mol. The highest BCUT2D eigenvalue weighted by molar-refractivity contribution is 7.74. The van der Waals surface area contributed by atoms with Gasteiger partial charge in [0.1, 0.15) is 5.71 Å². The Hall–Kier alpha value is -0.660. The van der Waals surface area contributed by atoms with Crippen LogP contribution in [0.2, 0.25) is 0 Å². The standard InChI is InChI=1S/C6H12N2O7P2/c1-3-8-5(4-7-2)6(9,16(10,11)12)17(13,14)15/h3-4,9H,1H2,2H3,(H2,10,11,12)(H2,13,14,15). The first-order valence-corrected chi connectivity index (χ1v) is 7.19. The van der Waals surface area contributed by atoms with Gasteiger partial charge in [-0.25, -0.2) is 0 Å². The first-order chi connectivity index (χ1) is 7.52. The van der Waals surface area contributed by atoms with Crippen LogP contribution in [0, 0.1) is 0 Å². The van der Waals surface area contributed by atoms with Gasteiger partial charge in [0.05, 0.1) is 0 Å². The SMILES string of the molecule is C=CN=C(C=NC)C(O)(P(=O)(O)O)P(=O)(O)O. The fourth-order valence-electron chi connectivity index (χ4n) is 0.895. The lowest BCUT2D eigenvalue weighted by atomic mass is 10.4. The number of hydrogen-bond acceptors (Lipinski definition) is 5. The van der Waals surface area contributed by atoms with E-state index in [9.17, 15) is 14.2 Å². The van der Waals surface area contributed by atoms with Crippen molar-refractivity contribution >= 4 is 27.1 Å². The van der Waals surface area contributed by atoms with E-state index in [1.165, 1.54) is 7.05 Å². The number of aliphatic hydroxyl groups is 1. The summed E-state index contributed by atoms with van der Waals surface area (Å²) in [6, 6.07) is 0. The van der Waals surface area contributed by atoms with Gasteiger partial charge in [0, 0.05) is 19.5 Å². The zero-order valence-corrected chi connectivity index (χ0v) is 10.5. The average molecular weight is 286 g/mol. The molecule has 0 aromatic rings. The largest absolute Gasteiger partial charge is 0.375 e. The summed E-state index contributed by atoms with van der Waals surface area (Å²) < 4.78 is 22.1. The highest BCUT2D eigenvalue weighted by Gasteiger charge is 2.62. The van der Waals surface area contributed by atoms with Crippen LogP contribution in [0.1, 0.15) is 0 Å². The lowest BCUT2D eigenvalue weighted by Crippen LogP contribution is -2.39. The molecule has 17 heavy (non-hydrogen) atoms.